The Morgan fingerprint density at radius 3 is 2.12 bits per heavy atom. The quantitative estimate of drug-likeness (QED) is 0.747. The molecule has 0 bridgehead atoms. The number of halogens is 1. The zero-order valence-electron chi connectivity index (χ0n) is 9.74. The van der Waals surface area contributed by atoms with Crippen molar-refractivity contribution >= 4 is 33.6 Å². The number of carbonyl (C=O) groups is 2. The van der Waals surface area contributed by atoms with Gasteiger partial charge in [-0.25, -0.2) is 9.88 Å². The van der Waals surface area contributed by atoms with Gasteiger partial charge in [-0.15, -0.1) is 0 Å². The number of imide groups is 1. The fourth-order valence-electron chi connectivity index (χ4n) is 1.71. The second kappa shape index (κ2) is 4.07. The monoisotopic (exact) mass is 294 g/mol. The molecule has 0 aliphatic carbocycles. The van der Waals surface area contributed by atoms with Crippen molar-refractivity contribution in [3.63, 3.8) is 0 Å². The van der Waals surface area contributed by atoms with Crippen LogP contribution in [0.3, 0.4) is 0 Å². The Morgan fingerprint density at radius 1 is 1.12 bits per heavy atom. The average molecular weight is 295 g/mol. The van der Waals surface area contributed by atoms with Gasteiger partial charge in [-0.3, -0.25) is 9.59 Å². The van der Waals surface area contributed by atoms with E-state index < -0.39 is 0 Å². The topological polar surface area (TPSA) is 50.3 Å². The zero-order valence-corrected chi connectivity index (χ0v) is 11.3. The van der Waals surface area contributed by atoms with Crippen LogP contribution < -0.4 is 4.90 Å². The van der Waals surface area contributed by atoms with Crippen LogP contribution in [0.4, 0.5) is 5.82 Å². The van der Waals surface area contributed by atoms with Crippen molar-refractivity contribution in [2.24, 2.45) is 0 Å². The maximum Gasteiger partial charge on any atom is 0.262 e. The molecule has 0 radical (unpaired) electrons. The third-order valence-electron chi connectivity index (χ3n) is 2.84. The predicted octanol–water partition coefficient (Wildman–Crippen LogP) is 2.36. The van der Waals surface area contributed by atoms with Gasteiger partial charge in [0.15, 0.2) is 0 Å². The van der Waals surface area contributed by atoms with Crippen LogP contribution in [-0.2, 0) is 9.59 Å². The number of aryl methyl sites for hydroxylation is 1. The Hall–Kier alpha value is -1.49. The first-order valence-electron chi connectivity index (χ1n) is 5.12. The van der Waals surface area contributed by atoms with Gasteiger partial charge in [-0.1, -0.05) is 0 Å². The normalized spacial score (nSPS) is 16.1. The summed E-state index contributed by atoms with van der Waals surface area (Å²) in [6, 6.07) is 1.83. The minimum Gasteiger partial charge on any atom is -0.269 e. The number of anilines is 1. The molecule has 2 heterocycles. The van der Waals surface area contributed by atoms with Crippen molar-refractivity contribution in [2.75, 3.05) is 4.90 Å². The Kier molecular flexibility index (Phi) is 2.87. The molecule has 88 valence electrons. The molecule has 0 aromatic carbocycles. The molecule has 0 N–H and O–H groups in total. The Bertz CT molecular complexity index is 540. The van der Waals surface area contributed by atoms with Gasteiger partial charge in [0.25, 0.3) is 11.8 Å². The minimum absolute atomic E-state index is 0.287. The minimum atomic E-state index is -0.287. The van der Waals surface area contributed by atoms with Crippen LogP contribution in [0.1, 0.15) is 19.4 Å². The number of nitrogens with zero attached hydrogens (tertiary/aromatic N) is 2. The maximum atomic E-state index is 12.0. The van der Waals surface area contributed by atoms with Gasteiger partial charge < -0.3 is 0 Å². The lowest BCUT2D eigenvalue weighted by Gasteiger charge is -2.16. The highest BCUT2D eigenvalue weighted by Crippen LogP contribution is 2.28. The first kappa shape index (κ1) is 12.0. The van der Waals surface area contributed by atoms with Crippen molar-refractivity contribution < 1.29 is 9.59 Å². The number of rotatable bonds is 1. The SMILES string of the molecule is CC1=C(C)C(=O)N(c2ncc(Br)cc2C)C1=O. The second-order valence-electron chi connectivity index (χ2n) is 3.99. The van der Waals surface area contributed by atoms with E-state index in [-0.39, 0.29) is 11.8 Å². The van der Waals surface area contributed by atoms with Crippen molar-refractivity contribution in [3.8, 4) is 0 Å². The van der Waals surface area contributed by atoms with Crippen LogP contribution in [0, 0.1) is 6.92 Å². The summed E-state index contributed by atoms with van der Waals surface area (Å²) in [5.41, 5.74) is 1.75. The van der Waals surface area contributed by atoms with Gasteiger partial charge in [0.05, 0.1) is 0 Å². The van der Waals surface area contributed by atoms with Gasteiger partial charge >= 0.3 is 0 Å². The van der Waals surface area contributed by atoms with E-state index in [1.54, 1.807) is 20.0 Å². The summed E-state index contributed by atoms with van der Waals surface area (Å²) in [7, 11) is 0. The standard InChI is InChI=1S/C12H11BrN2O2/c1-6-4-9(13)5-14-10(6)15-11(16)7(2)8(3)12(15)17/h4-5H,1-3H3. The molecular weight excluding hydrogens is 284 g/mol. The molecule has 17 heavy (non-hydrogen) atoms. The first-order chi connectivity index (χ1) is 7.93. The van der Waals surface area contributed by atoms with Crippen molar-refractivity contribution in [1.29, 1.82) is 0 Å². The molecule has 2 rings (SSSR count). The van der Waals surface area contributed by atoms with Crippen LogP contribution in [0.5, 0.6) is 0 Å². The molecule has 1 aliphatic rings. The van der Waals surface area contributed by atoms with Crippen LogP contribution in [0.2, 0.25) is 0 Å². The Morgan fingerprint density at radius 2 is 1.65 bits per heavy atom. The van der Waals surface area contributed by atoms with E-state index in [1.165, 1.54) is 0 Å². The average Bonchev–Trinajstić information content (AvgIpc) is 2.45. The van der Waals surface area contributed by atoms with Gasteiger partial charge in [0.1, 0.15) is 5.82 Å². The lowest BCUT2D eigenvalue weighted by Crippen LogP contribution is -2.32. The number of pyridine rings is 1. The highest BCUT2D eigenvalue weighted by Gasteiger charge is 2.36. The third-order valence-corrected chi connectivity index (χ3v) is 3.27. The fraction of sp³-hybridized carbons (Fsp3) is 0.250. The number of aromatic nitrogens is 1. The van der Waals surface area contributed by atoms with Gasteiger partial charge in [0.2, 0.25) is 0 Å². The van der Waals surface area contributed by atoms with Crippen molar-refractivity contribution in [1.82, 2.24) is 4.98 Å². The molecule has 1 aliphatic heterocycles. The van der Waals surface area contributed by atoms with E-state index in [0.29, 0.717) is 17.0 Å². The summed E-state index contributed by atoms with van der Waals surface area (Å²) in [5, 5.41) is 0. The number of amides is 2. The molecule has 5 heteroatoms. The van der Waals surface area contributed by atoms with Gasteiger partial charge in [-0.05, 0) is 48.3 Å². The van der Waals surface area contributed by atoms with Crippen LogP contribution >= 0.6 is 15.9 Å². The summed E-state index contributed by atoms with van der Waals surface area (Å²) >= 11 is 3.30. The molecule has 0 spiro atoms. The van der Waals surface area contributed by atoms with Crippen LogP contribution in [0.15, 0.2) is 27.9 Å². The van der Waals surface area contributed by atoms with Gasteiger partial charge in [-0.2, -0.15) is 0 Å². The maximum absolute atomic E-state index is 12.0. The molecule has 0 fully saturated rings. The molecule has 1 aromatic heterocycles. The van der Waals surface area contributed by atoms with Crippen LogP contribution in [0.25, 0.3) is 0 Å². The third kappa shape index (κ3) is 1.80. The summed E-state index contributed by atoms with van der Waals surface area (Å²) in [4.78, 5) is 29.2. The van der Waals surface area contributed by atoms with E-state index >= 15 is 0 Å². The zero-order chi connectivity index (χ0) is 12.7. The lowest BCUT2D eigenvalue weighted by atomic mass is 10.2. The smallest absolute Gasteiger partial charge is 0.262 e. The summed E-state index contributed by atoms with van der Waals surface area (Å²) in [6.45, 7) is 5.13. The van der Waals surface area contributed by atoms with E-state index in [2.05, 4.69) is 20.9 Å². The predicted molar refractivity (Wildman–Crippen MR) is 67.5 cm³/mol. The molecule has 0 atom stereocenters. The molecule has 4 nitrogen and oxygen atoms in total. The first-order valence-corrected chi connectivity index (χ1v) is 5.91. The summed E-state index contributed by atoms with van der Waals surface area (Å²) < 4.78 is 0.819. The molecule has 0 saturated carbocycles. The second-order valence-corrected chi connectivity index (χ2v) is 4.91. The highest BCUT2D eigenvalue weighted by atomic mass is 79.9. The Labute approximate surface area is 107 Å². The molecule has 2 amide bonds. The number of hydrogen-bond acceptors (Lipinski definition) is 3. The van der Waals surface area contributed by atoms with Crippen molar-refractivity contribution in [3.05, 3.63) is 33.4 Å². The molecule has 0 unspecified atom stereocenters. The van der Waals surface area contributed by atoms with E-state index in [0.717, 1.165) is 14.9 Å². The highest BCUT2D eigenvalue weighted by molar-refractivity contribution is 9.10. The Balaban J connectivity index is 2.50. The number of hydrogen-bond donors (Lipinski definition) is 0. The number of carbonyl (C=O) groups excluding carboxylic acids is 2. The van der Waals surface area contributed by atoms with E-state index in [9.17, 15) is 9.59 Å². The lowest BCUT2D eigenvalue weighted by molar-refractivity contribution is -0.120. The fourth-order valence-corrected chi connectivity index (χ4v) is 2.15. The van der Waals surface area contributed by atoms with Crippen LogP contribution in [-0.4, -0.2) is 16.8 Å². The molecule has 1 aromatic rings. The summed E-state index contributed by atoms with van der Waals surface area (Å²) in [6.07, 6.45) is 1.58. The molecule has 0 saturated heterocycles. The van der Waals surface area contributed by atoms with Crippen molar-refractivity contribution in [2.45, 2.75) is 20.8 Å². The van der Waals surface area contributed by atoms with Gasteiger partial charge in [0, 0.05) is 21.8 Å². The van der Waals surface area contributed by atoms with E-state index in [1.807, 2.05) is 13.0 Å². The molecular formula is C12H11BrN2O2. The van der Waals surface area contributed by atoms with E-state index in [4.69, 9.17) is 0 Å². The summed E-state index contributed by atoms with van der Waals surface area (Å²) in [5.74, 6) is -0.171. The largest absolute Gasteiger partial charge is 0.269 e.